The number of hydrogen-bond acceptors (Lipinski definition) is 3. The summed E-state index contributed by atoms with van der Waals surface area (Å²) in [5, 5.41) is 4.28. The van der Waals surface area contributed by atoms with E-state index in [0.29, 0.717) is 5.15 Å². The summed E-state index contributed by atoms with van der Waals surface area (Å²) in [6.07, 6.45) is 4.17. The third-order valence-corrected chi connectivity index (χ3v) is 6.12. The van der Waals surface area contributed by atoms with Crippen LogP contribution in [-0.4, -0.2) is 36.8 Å². The number of nitrogens with one attached hydrogen (secondary N) is 1. The molecule has 5 heteroatoms. The Morgan fingerprint density at radius 1 is 1.28 bits per heavy atom. The second-order valence-electron chi connectivity index (χ2n) is 6.35. The zero-order valence-electron chi connectivity index (χ0n) is 11.4. The fraction of sp³-hybridized carbons (Fsp3) is 0.692. The minimum atomic E-state index is -0.325. The van der Waals surface area contributed by atoms with E-state index in [2.05, 4.69) is 43.0 Å². The van der Waals surface area contributed by atoms with Gasteiger partial charge in [0, 0.05) is 0 Å². The molecule has 1 unspecified atom stereocenters. The van der Waals surface area contributed by atoms with E-state index in [9.17, 15) is 0 Å². The molecular formula is C13H21AsClN3. The Hall–Kier alpha value is -0.112. The van der Waals surface area contributed by atoms with Gasteiger partial charge >= 0.3 is 121 Å². The van der Waals surface area contributed by atoms with Crippen molar-refractivity contribution in [1.82, 2.24) is 15.3 Å². The number of nitrogens with zero attached hydrogens (tertiary/aromatic N) is 2. The van der Waals surface area contributed by atoms with E-state index >= 15 is 0 Å². The fourth-order valence-corrected chi connectivity index (χ4v) is 7.33. The van der Waals surface area contributed by atoms with E-state index in [0.717, 1.165) is 9.32 Å². The molecule has 0 aromatic carbocycles. The molecule has 1 aliphatic heterocycles. The van der Waals surface area contributed by atoms with Gasteiger partial charge in [-0.05, 0) is 0 Å². The average Bonchev–Trinajstić information content (AvgIpc) is 2.11. The maximum atomic E-state index is 5.93. The van der Waals surface area contributed by atoms with Crippen LogP contribution in [0.3, 0.4) is 0 Å². The Bertz CT molecular complexity index is 418. The van der Waals surface area contributed by atoms with E-state index in [4.69, 9.17) is 11.6 Å². The van der Waals surface area contributed by atoms with Gasteiger partial charge in [-0.2, -0.15) is 0 Å². The number of aromatic nitrogens is 2. The zero-order chi connectivity index (χ0) is 13.4. The molecule has 1 fully saturated rings. The molecule has 0 radical (unpaired) electrons. The Balaban J connectivity index is 2.09. The van der Waals surface area contributed by atoms with Gasteiger partial charge in [0.2, 0.25) is 0 Å². The molecule has 2 rings (SSSR count). The van der Waals surface area contributed by atoms with Crippen LogP contribution in [0, 0.1) is 0 Å². The molecule has 2 heterocycles. The third-order valence-electron chi connectivity index (χ3n) is 3.15. The molecule has 1 aliphatic rings. The van der Waals surface area contributed by atoms with Gasteiger partial charge in [-0.1, -0.05) is 0 Å². The molecular weight excluding hydrogens is 309 g/mol. The molecule has 0 saturated carbocycles. The zero-order valence-corrected chi connectivity index (χ0v) is 14.3. The normalized spacial score (nSPS) is 23.6. The summed E-state index contributed by atoms with van der Waals surface area (Å²) in [6.45, 7) is 9.13. The molecule has 1 N–H and O–H groups in total. The summed E-state index contributed by atoms with van der Waals surface area (Å²) >= 11 is 5.61. The number of piperidine rings is 1. The van der Waals surface area contributed by atoms with Crippen molar-refractivity contribution in [3.8, 4) is 0 Å². The summed E-state index contributed by atoms with van der Waals surface area (Å²) in [7, 11) is 0. The number of rotatable bonds is 2. The van der Waals surface area contributed by atoms with E-state index in [1.54, 1.807) is 12.3 Å². The van der Waals surface area contributed by atoms with Crippen molar-refractivity contribution in [2.75, 3.05) is 0 Å². The van der Waals surface area contributed by atoms with Crippen LogP contribution in [0.15, 0.2) is 12.3 Å². The van der Waals surface area contributed by atoms with Crippen LogP contribution in [0.5, 0.6) is 0 Å². The van der Waals surface area contributed by atoms with Crippen LogP contribution in [0.4, 0.5) is 0 Å². The van der Waals surface area contributed by atoms with Gasteiger partial charge in [-0.3, -0.25) is 0 Å². The molecule has 100 valence electrons. The van der Waals surface area contributed by atoms with E-state index in [1.165, 1.54) is 12.8 Å². The third kappa shape index (κ3) is 3.94. The maximum absolute atomic E-state index is 5.93. The first-order valence-corrected chi connectivity index (χ1v) is 8.94. The molecule has 1 atom stereocenters. The van der Waals surface area contributed by atoms with Crippen molar-refractivity contribution < 1.29 is 0 Å². The van der Waals surface area contributed by atoms with Crippen molar-refractivity contribution in [1.29, 1.82) is 0 Å². The van der Waals surface area contributed by atoms with Crippen molar-refractivity contribution in [3.63, 3.8) is 0 Å². The minimum absolute atomic E-state index is 0.203. The summed E-state index contributed by atoms with van der Waals surface area (Å²) in [5.74, 6) is 0. The van der Waals surface area contributed by atoms with Gasteiger partial charge in [0.15, 0.2) is 0 Å². The van der Waals surface area contributed by atoms with Crippen LogP contribution in [0.1, 0.15) is 40.5 Å². The van der Waals surface area contributed by atoms with Crippen molar-refractivity contribution in [2.45, 2.75) is 56.3 Å². The topological polar surface area (TPSA) is 37.8 Å². The Morgan fingerprint density at radius 2 is 1.89 bits per heavy atom. The average molecular weight is 330 g/mol. The second-order valence-corrected chi connectivity index (χ2v) is 9.99. The molecule has 18 heavy (non-hydrogen) atoms. The van der Waals surface area contributed by atoms with Crippen LogP contribution in [-0.2, 0) is 0 Å². The van der Waals surface area contributed by atoms with Gasteiger partial charge in [-0.25, -0.2) is 0 Å². The molecule has 1 saturated heterocycles. The number of halogens is 1. The van der Waals surface area contributed by atoms with Crippen molar-refractivity contribution >= 4 is 32.0 Å². The van der Waals surface area contributed by atoms with Gasteiger partial charge in [-0.15, -0.1) is 0 Å². The first kappa shape index (κ1) is 14.3. The summed E-state index contributed by atoms with van der Waals surface area (Å²) in [6, 6.07) is 1.74. The molecule has 0 amide bonds. The summed E-state index contributed by atoms with van der Waals surface area (Å²) < 4.78 is 1.72. The monoisotopic (exact) mass is 329 g/mol. The quantitative estimate of drug-likeness (QED) is 0.665. The van der Waals surface area contributed by atoms with Gasteiger partial charge < -0.3 is 0 Å². The van der Waals surface area contributed by atoms with Gasteiger partial charge in [0.25, 0.3) is 0 Å². The number of hydrogen-bond donors (Lipinski definition) is 1. The van der Waals surface area contributed by atoms with Crippen LogP contribution < -0.4 is 9.93 Å². The van der Waals surface area contributed by atoms with E-state index in [-0.39, 0.29) is 26.8 Å². The summed E-state index contributed by atoms with van der Waals surface area (Å²) in [5.41, 5.74) is 0.406. The summed E-state index contributed by atoms with van der Waals surface area (Å²) in [4.78, 5) is 8.72. The first-order chi connectivity index (χ1) is 8.26. The van der Waals surface area contributed by atoms with E-state index < -0.39 is 0 Å². The Kier molecular flexibility index (Phi) is 4.06. The Labute approximate surface area is 121 Å². The standard InChI is InChI=1S/C13H21AsClN3/c1-12(2)7-9(8-13(3,4)18-12)14-11-16-6-5-10(15)17-11/h5-6,9,14,18H,7-8H2,1-4H3. The van der Waals surface area contributed by atoms with Crippen LogP contribution >= 0.6 is 11.6 Å². The molecule has 0 bridgehead atoms. The SMILES string of the molecule is CC1(C)CC([AsH]c2nccc(Cl)n2)CC(C)(C)N1. The van der Waals surface area contributed by atoms with Crippen molar-refractivity contribution in [2.24, 2.45) is 0 Å². The Morgan fingerprint density at radius 3 is 2.44 bits per heavy atom. The van der Waals surface area contributed by atoms with Crippen molar-refractivity contribution in [3.05, 3.63) is 17.4 Å². The molecule has 1 aromatic rings. The molecule has 3 nitrogen and oxygen atoms in total. The van der Waals surface area contributed by atoms with Crippen LogP contribution in [0.25, 0.3) is 0 Å². The van der Waals surface area contributed by atoms with Crippen LogP contribution in [0.2, 0.25) is 9.86 Å². The predicted molar refractivity (Wildman–Crippen MR) is 78.1 cm³/mol. The first-order valence-electron chi connectivity index (χ1n) is 6.30. The van der Waals surface area contributed by atoms with E-state index in [1.807, 2.05) is 0 Å². The second kappa shape index (κ2) is 5.11. The molecule has 1 aromatic heterocycles. The van der Waals surface area contributed by atoms with Gasteiger partial charge in [0.1, 0.15) is 0 Å². The predicted octanol–water partition coefficient (Wildman–Crippen LogP) is 1.92. The van der Waals surface area contributed by atoms with Gasteiger partial charge in [0.05, 0.1) is 0 Å². The molecule has 0 spiro atoms. The molecule has 0 aliphatic carbocycles. The fourth-order valence-electron chi connectivity index (χ4n) is 3.01.